The van der Waals surface area contributed by atoms with Gasteiger partial charge in [0, 0.05) is 0 Å². The van der Waals surface area contributed by atoms with Gasteiger partial charge in [0.05, 0.1) is 25.4 Å². The van der Waals surface area contributed by atoms with Crippen LogP contribution in [0.2, 0.25) is 0 Å². The number of hydrogen-bond donors (Lipinski definition) is 2. The van der Waals surface area contributed by atoms with E-state index in [0.29, 0.717) is 0 Å². The average Bonchev–Trinajstić information content (AvgIpc) is 3.17. The fraction of sp³-hybridized carbons (Fsp3) is 0.136. The van der Waals surface area contributed by atoms with Crippen LogP contribution in [0.1, 0.15) is 33.4 Å². The van der Waals surface area contributed by atoms with Gasteiger partial charge in [-0.05, 0) is 33.4 Å². The molecule has 0 spiro atoms. The predicted octanol–water partition coefficient (Wildman–Crippen LogP) is 8.28. The zero-order valence-electron chi connectivity index (χ0n) is 26.8. The zero-order chi connectivity index (χ0) is 33.1. The van der Waals surface area contributed by atoms with Crippen molar-refractivity contribution in [2.75, 3.05) is 13.2 Å². The van der Waals surface area contributed by atoms with Gasteiger partial charge < -0.3 is 19.7 Å². The molecule has 6 aromatic carbocycles. The Hall–Kier alpha value is -5.10. The van der Waals surface area contributed by atoms with E-state index in [-0.39, 0.29) is 13.2 Å². The molecule has 0 saturated heterocycles. The molecule has 0 aromatic heterocycles. The minimum Gasteiger partial charge on any atom is -0.387 e. The van der Waals surface area contributed by atoms with Crippen LogP contribution in [0.25, 0.3) is 0 Å². The van der Waals surface area contributed by atoms with Gasteiger partial charge >= 0.3 is 0 Å². The fourth-order valence-electron chi connectivity index (χ4n) is 6.33. The van der Waals surface area contributed by atoms with Crippen molar-refractivity contribution in [3.8, 4) is 0 Å². The molecule has 0 saturated carbocycles. The maximum absolute atomic E-state index is 11.2. The van der Waals surface area contributed by atoms with Crippen LogP contribution in [0, 0.1) is 0 Å². The molecule has 240 valence electrons. The van der Waals surface area contributed by atoms with Crippen molar-refractivity contribution in [2.24, 2.45) is 0 Å². The summed E-state index contributed by atoms with van der Waals surface area (Å²) >= 11 is 0. The van der Waals surface area contributed by atoms with Gasteiger partial charge in [-0.2, -0.15) is 0 Å². The van der Waals surface area contributed by atoms with Crippen LogP contribution >= 0.6 is 0 Å². The molecular weight excluding hydrogens is 592 g/mol. The molecule has 4 nitrogen and oxygen atoms in total. The average molecular weight is 633 g/mol. The highest BCUT2D eigenvalue weighted by Crippen LogP contribution is 2.42. The molecule has 0 bridgehead atoms. The Bertz CT molecular complexity index is 1500. The minimum absolute atomic E-state index is 0.00918. The van der Waals surface area contributed by atoms with Gasteiger partial charge in [0.15, 0.2) is 0 Å². The van der Waals surface area contributed by atoms with Gasteiger partial charge in [-0.25, -0.2) is 0 Å². The number of hydrogen-bond acceptors (Lipinski definition) is 4. The van der Waals surface area contributed by atoms with Gasteiger partial charge in [-0.1, -0.05) is 194 Å². The molecule has 0 unspecified atom stereocenters. The lowest BCUT2D eigenvalue weighted by Gasteiger charge is -2.36. The Kier molecular flexibility index (Phi) is 10.7. The number of aliphatic hydroxyl groups excluding tert-OH is 2. The number of benzene rings is 6. The van der Waals surface area contributed by atoms with Gasteiger partial charge in [0.2, 0.25) is 0 Å². The van der Waals surface area contributed by atoms with E-state index in [9.17, 15) is 10.2 Å². The predicted molar refractivity (Wildman–Crippen MR) is 191 cm³/mol. The largest absolute Gasteiger partial charge is 0.387 e. The molecule has 0 aliphatic carbocycles. The van der Waals surface area contributed by atoms with E-state index in [0.717, 1.165) is 33.4 Å². The van der Waals surface area contributed by atoms with Crippen molar-refractivity contribution in [2.45, 2.75) is 23.4 Å². The molecule has 2 atom stereocenters. The van der Waals surface area contributed by atoms with Crippen LogP contribution in [-0.4, -0.2) is 35.6 Å². The summed E-state index contributed by atoms with van der Waals surface area (Å²) in [7, 11) is 0. The highest BCUT2D eigenvalue weighted by atomic mass is 16.5. The van der Waals surface area contributed by atoms with E-state index < -0.39 is 23.4 Å². The second-order valence-corrected chi connectivity index (χ2v) is 11.7. The highest BCUT2D eigenvalue weighted by Gasteiger charge is 2.39. The third-order valence-electron chi connectivity index (χ3n) is 8.58. The maximum Gasteiger partial charge on any atom is 0.143 e. The normalized spacial score (nSPS) is 13.3. The molecule has 0 radical (unpaired) electrons. The van der Waals surface area contributed by atoms with Crippen molar-refractivity contribution in [3.05, 3.63) is 228 Å². The molecule has 0 amide bonds. The lowest BCUT2D eigenvalue weighted by Crippen LogP contribution is -2.36. The number of ether oxygens (including phenoxy) is 2. The molecule has 48 heavy (non-hydrogen) atoms. The Labute approximate surface area is 283 Å². The first-order chi connectivity index (χ1) is 23.6. The molecular formula is C44H40O4. The maximum atomic E-state index is 11.2. The molecule has 0 aliphatic heterocycles. The summed E-state index contributed by atoms with van der Waals surface area (Å²) in [6.45, 7) is -0.0184. The smallest absolute Gasteiger partial charge is 0.143 e. The molecule has 6 aromatic rings. The lowest BCUT2D eigenvalue weighted by atomic mass is 9.80. The van der Waals surface area contributed by atoms with Crippen LogP contribution in [0.3, 0.4) is 0 Å². The van der Waals surface area contributed by atoms with Crippen molar-refractivity contribution < 1.29 is 19.7 Å². The van der Waals surface area contributed by atoms with Gasteiger partial charge in [-0.15, -0.1) is 0 Å². The zero-order valence-corrected chi connectivity index (χ0v) is 26.8. The van der Waals surface area contributed by atoms with E-state index in [1.165, 1.54) is 0 Å². The standard InChI is InChI=1S/C44H40O4/c45-41(33-47-43(35-19-7-1-8-20-35,36-21-9-2-10-22-36)37-23-11-3-12-24-37)31-32-42(46)34-48-44(38-25-13-4-14-26-38,39-27-15-5-16-28-39)40-29-17-6-18-30-40/h1-32,41-42,45-46H,33-34H2/b32-31+/t41-,42-/m1/s1. The van der Waals surface area contributed by atoms with Crippen LogP contribution in [0.4, 0.5) is 0 Å². The Morgan fingerprint density at radius 3 is 0.729 bits per heavy atom. The summed E-state index contributed by atoms with van der Waals surface area (Å²) in [4.78, 5) is 0. The molecule has 2 N–H and O–H groups in total. The van der Waals surface area contributed by atoms with E-state index in [2.05, 4.69) is 0 Å². The van der Waals surface area contributed by atoms with Crippen LogP contribution in [0.5, 0.6) is 0 Å². The van der Waals surface area contributed by atoms with Crippen LogP contribution < -0.4 is 0 Å². The Morgan fingerprint density at radius 2 is 0.542 bits per heavy atom. The quantitative estimate of drug-likeness (QED) is 0.0938. The minimum atomic E-state index is -0.989. The topological polar surface area (TPSA) is 58.9 Å². The third-order valence-corrected chi connectivity index (χ3v) is 8.58. The second-order valence-electron chi connectivity index (χ2n) is 11.7. The molecule has 4 heteroatoms. The summed E-state index contributed by atoms with van der Waals surface area (Å²) in [6, 6.07) is 60.3. The fourth-order valence-corrected chi connectivity index (χ4v) is 6.33. The van der Waals surface area contributed by atoms with Crippen molar-refractivity contribution in [1.29, 1.82) is 0 Å². The molecule has 6 rings (SSSR count). The summed E-state index contributed by atoms with van der Waals surface area (Å²) in [5, 5.41) is 22.4. The van der Waals surface area contributed by atoms with Gasteiger partial charge in [-0.3, -0.25) is 0 Å². The van der Waals surface area contributed by atoms with Crippen LogP contribution in [-0.2, 0) is 20.7 Å². The van der Waals surface area contributed by atoms with Crippen molar-refractivity contribution in [3.63, 3.8) is 0 Å². The third kappa shape index (κ3) is 7.08. The highest BCUT2D eigenvalue weighted by molar-refractivity contribution is 5.49. The molecule has 0 heterocycles. The van der Waals surface area contributed by atoms with Crippen molar-refractivity contribution >= 4 is 0 Å². The van der Waals surface area contributed by atoms with E-state index in [1.807, 2.05) is 182 Å². The first-order valence-corrected chi connectivity index (χ1v) is 16.3. The summed E-state index contributed by atoms with van der Waals surface area (Å²) < 4.78 is 13.5. The molecule has 0 aliphatic rings. The van der Waals surface area contributed by atoms with Gasteiger partial charge in [0.1, 0.15) is 11.2 Å². The number of aliphatic hydroxyl groups is 2. The Morgan fingerprint density at radius 1 is 0.354 bits per heavy atom. The Balaban J connectivity index is 1.24. The summed E-state index contributed by atoms with van der Waals surface area (Å²) in [6.07, 6.45) is 1.18. The van der Waals surface area contributed by atoms with Crippen LogP contribution in [0.15, 0.2) is 194 Å². The first kappa shape index (κ1) is 32.8. The SMILES string of the molecule is O[C@H](/C=C/[C@@H](O)COC(c1ccccc1)(c1ccccc1)c1ccccc1)COC(c1ccccc1)(c1ccccc1)c1ccccc1. The lowest BCUT2D eigenvalue weighted by molar-refractivity contribution is -0.0291. The number of rotatable bonds is 14. The first-order valence-electron chi connectivity index (χ1n) is 16.3. The monoisotopic (exact) mass is 632 g/mol. The second kappa shape index (κ2) is 15.7. The van der Waals surface area contributed by atoms with E-state index in [4.69, 9.17) is 9.47 Å². The molecule has 0 fully saturated rings. The summed E-state index contributed by atoms with van der Waals surface area (Å²) in [5.74, 6) is 0. The van der Waals surface area contributed by atoms with E-state index >= 15 is 0 Å². The van der Waals surface area contributed by atoms with Gasteiger partial charge in [0.25, 0.3) is 0 Å². The summed E-state index contributed by atoms with van der Waals surface area (Å²) in [5.41, 5.74) is 3.79. The van der Waals surface area contributed by atoms with E-state index in [1.54, 1.807) is 12.2 Å². The van der Waals surface area contributed by atoms with Crippen molar-refractivity contribution in [1.82, 2.24) is 0 Å².